The second-order valence-corrected chi connectivity index (χ2v) is 7.91. The molecule has 5 nitrogen and oxygen atoms in total. The van der Waals surface area contributed by atoms with Crippen molar-refractivity contribution in [2.45, 2.75) is 37.8 Å². The molecule has 0 bridgehead atoms. The van der Waals surface area contributed by atoms with Crippen molar-refractivity contribution in [3.63, 3.8) is 0 Å². The Balaban J connectivity index is 1.71. The zero-order valence-corrected chi connectivity index (χ0v) is 17.2. The largest absolute Gasteiger partial charge is 0.495 e. The Morgan fingerprint density at radius 1 is 1.21 bits per heavy atom. The molecule has 0 aromatic heterocycles. The first-order chi connectivity index (χ1) is 14.0. The summed E-state index contributed by atoms with van der Waals surface area (Å²) >= 11 is 0. The Bertz CT molecular complexity index is 900. The van der Waals surface area contributed by atoms with Crippen molar-refractivity contribution < 1.29 is 13.9 Å². The second-order valence-electron chi connectivity index (χ2n) is 7.91. The third-order valence-corrected chi connectivity index (χ3v) is 6.26. The summed E-state index contributed by atoms with van der Waals surface area (Å²) in [6.45, 7) is 0.935. The smallest absolute Gasteiger partial charge is 0.227 e. The molecule has 2 heterocycles. The van der Waals surface area contributed by atoms with E-state index in [1.807, 2.05) is 19.2 Å². The zero-order chi connectivity index (χ0) is 20.5. The van der Waals surface area contributed by atoms with Crippen LogP contribution in [0.15, 0.2) is 36.4 Å². The number of halogens is 1. The van der Waals surface area contributed by atoms with Gasteiger partial charge in [-0.05, 0) is 61.2 Å². The zero-order valence-electron chi connectivity index (χ0n) is 17.2. The van der Waals surface area contributed by atoms with Gasteiger partial charge in [-0.15, -0.1) is 0 Å². The highest BCUT2D eigenvalue weighted by Crippen LogP contribution is 2.41. The molecule has 29 heavy (non-hydrogen) atoms. The molecule has 1 amide bonds. The van der Waals surface area contributed by atoms with E-state index in [1.54, 1.807) is 12.0 Å². The molecule has 2 aromatic rings. The first-order valence-electron chi connectivity index (χ1n) is 10.2. The molecule has 2 aliphatic heterocycles. The van der Waals surface area contributed by atoms with Gasteiger partial charge >= 0.3 is 0 Å². The van der Waals surface area contributed by atoms with Crippen LogP contribution in [0.4, 0.5) is 15.8 Å². The van der Waals surface area contributed by atoms with Crippen molar-refractivity contribution >= 4 is 17.3 Å². The maximum absolute atomic E-state index is 13.4. The third-order valence-electron chi connectivity index (χ3n) is 6.26. The Morgan fingerprint density at radius 2 is 1.97 bits per heavy atom. The van der Waals surface area contributed by atoms with E-state index in [4.69, 9.17) is 4.74 Å². The van der Waals surface area contributed by atoms with Gasteiger partial charge in [0, 0.05) is 32.2 Å². The van der Waals surface area contributed by atoms with Crippen molar-refractivity contribution in [1.29, 1.82) is 0 Å². The van der Waals surface area contributed by atoms with Gasteiger partial charge in [-0.25, -0.2) is 4.39 Å². The maximum Gasteiger partial charge on any atom is 0.227 e. The van der Waals surface area contributed by atoms with E-state index in [2.05, 4.69) is 29.4 Å². The summed E-state index contributed by atoms with van der Waals surface area (Å²) in [5.74, 6) is 0.732. The number of hydrogen-bond acceptors (Lipinski definition) is 4. The van der Waals surface area contributed by atoms with Crippen LogP contribution in [0.5, 0.6) is 5.75 Å². The van der Waals surface area contributed by atoms with Crippen LogP contribution in [-0.4, -0.2) is 39.7 Å². The van der Waals surface area contributed by atoms with E-state index < -0.39 is 0 Å². The Kier molecular flexibility index (Phi) is 5.46. The fraction of sp³-hybridized carbons (Fsp3) is 0.435. The summed E-state index contributed by atoms with van der Waals surface area (Å²) in [5.41, 5.74) is 4.13. The number of carbonyl (C=O) groups is 1. The van der Waals surface area contributed by atoms with E-state index in [1.165, 1.54) is 12.1 Å². The molecule has 1 saturated heterocycles. The second kappa shape index (κ2) is 8.03. The van der Waals surface area contributed by atoms with Crippen molar-refractivity contribution in [3.8, 4) is 5.75 Å². The highest BCUT2D eigenvalue weighted by atomic mass is 19.1. The van der Waals surface area contributed by atoms with Gasteiger partial charge in [-0.2, -0.15) is 0 Å². The van der Waals surface area contributed by atoms with E-state index in [9.17, 15) is 9.18 Å². The van der Waals surface area contributed by atoms with Gasteiger partial charge in [-0.1, -0.05) is 12.1 Å². The summed E-state index contributed by atoms with van der Waals surface area (Å²) in [6.07, 6.45) is 3.35. The summed E-state index contributed by atoms with van der Waals surface area (Å²) in [4.78, 5) is 16.2. The molecule has 0 spiro atoms. The number of aryl methyl sites for hydroxylation is 1. The van der Waals surface area contributed by atoms with Crippen molar-refractivity contribution in [2.75, 3.05) is 37.5 Å². The molecule has 0 radical (unpaired) electrons. The Labute approximate surface area is 171 Å². The van der Waals surface area contributed by atoms with E-state index in [0.29, 0.717) is 6.42 Å². The average Bonchev–Trinajstić information content (AvgIpc) is 2.75. The van der Waals surface area contributed by atoms with Crippen LogP contribution in [0.3, 0.4) is 0 Å². The van der Waals surface area contributed by atoms with Crippen molar-refractivity contribution in [1.82, 2.24) is 5.32 Å². The highest BCUT2D eigenvalue weighted by molar-refractivity contribution is 5.97. The summed E-state index contributed by atoms with van der Waals surface area (Å²) in [6, 6.07) is 11.2. The van der Waals surface area contributed by atoms with E-state index in [0.717, 1.165) is 54.1 Å². The first kappa shape index (κ1) is 19.7. The lowest BCUT2D eigenvalue weighted by Crippen LogP contribution is -2.47. The average molecular weight is 397 g/mol. The molecule has 2 atom stereocenters. The van der Waals surface area contributed by atoms with Crippen LogP contribution in [0, 0.1) is 5.82 Å². The molecule has 0 aliphatic carbocycles. The number of ether oxygens (including phenoxy) is 1. The number of benzene rings is 2. The fourth-order valence-electron chi connectivity index (χ4n) is 4.57. The topological polar surface area (TPSA) is 44.8 Å². The van der Waals surface area contributed by atoms with E-state index >= 15 is 0 Å². The number of piperidine rings is 1. The molecule has 2 aromatic carbocycles. The number of hydrogen-bond donors (Lipinski definition) is 1. The van der Waals surface area contributed by atoms with Crippen LogP contribution >= 0.6 is 0 Å². The predicted octanol–water partition coefficient (Wildman–Crippen LogP) is 3.67. The van der Waals surface area contributed by atoms with Gasteiger partial charge in [0.1, 0.15) is 11.6 Å². The molecule has 6 heteroatoms. The first-order valence-corrected chi connectivity index (χ1v) is 10.2. The number of anilines is 2. The number of amides is 1. The van der Waals surface area contributed by atoms with Crippen molar-refractivity contribution in [3.05, 3.63) is 53.3 Å². The molecule has 0 saturated carbocycles. The molecule has 4 rings (SSSR count). The molecular formula is C23H28FN3O2. The number of rotatable bonds is 4. The number of nitrogens with one attached hydrogen (secondary N) is 1. The maximum atomic E-state index is 13.4. The highest BCUT2D eigenvalue weighted by Gasteiger charge is 2.32. The lowest BCUT2D eigenvalue weighted by Gasteiger charge is -2.41. The summed E-state index contributed by atoms with van der Waals surface area (Å²) in [7, 11) is 5.59. The fourth-order valence-corrected chi connectivity index (χ4v) is 4.57. The van der Waals surface area contributed by atoms with Gasteiger partial charge < -0.3 is 19.9 Å². The lowest BCUT2D eigenvalue weighted by molar-refractivity contribution is -0.118. The monoisotopic (exact) mass is 397 g/mol. The van der Waals surface area contributed by atoms with Crippen LogP contribution in [0.2, 0.25) is 0 Å². The summed E-state index contributed by atoms with van der Waals surface area (Å²) in [5, 5.41) is 3.60. The van der Waals surface area contributed by atoms with Crippen LogP contribution < -0.4 is 19.9 Å². The third kappa shape index (κ3) is 3.69. The minimum Gasteiger partial charge on any atom is -0.495 e. The molecule has 2 aliphatic rings. The molecule has 1 N–H and O–H groups in total. The molecule has 154 valence electrons. The van der Waals surface area contributed by atoms with Gasteiger partial charge in [0.2, 0.25) is 5.91 Å². The van der Waals surface area contributed by atoms with Crippen LogP contribution in [0.1, 0.15) is 36.4 Å². The standard InChI is InChI=1S/C23H28FN3O2/c1-26(18-5-4-12-25-23(18)15-6-9-17(24)10-7-15)20-14-19-16(13-21(20)29-3)8-11-22(28)27(19)2/h6-7,9-10,13-14,18,23,25H,4-5,8,11-12H2,1-3H3/t18-,23-/m0/s1. The van der Waals surface area contributed by atoms with Gasteiger partial charge in [-0.3, -0.25) is 4.79 Å². The minimum absolute atomic E-state index is 0.0921. The number of likely N-dealkylation sites (N-methyl/N-ethyl adjacent to an activating group) is 1. The van der Waals surface area contributed by atoms with Crippen LogP contribution in [0.25, 0.3) is 0 Å². The van der Waals surface area contributed by atoms with Crippen LogP contribution in [-0.2, 0) is 11.2 Å². The Morgan fingerprint density at radius 3 is 2.69 bits per heavy atom. The van der Waals surface area contributed by atoms with Crippen molar-refractivity contribution in [2.24, 2.45) is 0 Å². The number of nitrogens with zero attached hydrogens (tertiary/aromatic N) is 2. The lowest BCUT2D eigenvalue weighted by atomic mass is 9.90. The quantitative estimate of drug-likeness (QED) is 0.855. The van der Waals surface area contributed by atoms with Gasteiger partial charge in [0.25, 0.3) is 0 Å². The predicted molar refractivity (Wildman–Crippen MR) is 113 cm³/mol. The number of methoxy groups -OCH3 is 1. The minimum atomic E-state index is -0.224. The SMILES string of the molecule is COc1cc2c(cc1N(C)[C@H]1CCCN[C@H]1c1ccc(F)cc1)N(C)C(=O)CC2. The van der Waals surface area contributed by atoms with Gasteiger partial charge in [0.05, 0.1) is 18.8 Å². The molecular weight excluding hydrogens is 369 g/mol. The van der Waals surface area contributed by atoms with Gasteiger partial charge in [0.15, 0.2) is 0 Å². The normalized spacial score (nSPS) is 21.7. The van der Waals surface area contributed by atoms with E-state index in [-0.39, 0.29) is 23.8 Å². The molecule has 0 unspecified atom stereocenters. The number of carbonyl (C=O) groups excluding carboxylic acids is 1. The summed E-state index contributed by atoms with van der Waals surface area (Å²) < 4.78 is 19.1. The Hall–Kier alpha value is -2.60. The molecule has 1 fully saturated rings. The number of fused-ring (bicyclic) bond motifs is 1.